The van der Waals surface area contributed by atoms with Crippen LogP contribution < -0.4 is 5.32 Å². The Hall–Kier alpha value is -3.10. The van der Waals surface area contributed by atoms with E-state index in [0.29, 0.717) is 17.5 Å². The summed E-state index contributed by atoms with van der Waals surface area (Å²) in [4.78, 5) is 17.9. The van der Waals surface area contributed by atoms with Crippen LogP contribution in [0.25, 0.3) is 17.1 Å². The molecule has 4 rings (SSSR count). The molecule has 1 N–H and O–H groups in total. The molecule has 168 valence electrons. The molecule has 8 heteroatoms. The molecule has 0 atom stereocenters. The Labute approximate surface area is 202 Å². The molecule has 33 heavy (non-hydrogen) atoms. The van der Waals surface area contributed by atoms with Crippen molar-refractivity contribution in [2.45, 2.75) is 23.9 Å². The molecule has 0 aliphatic carbocycles. The van der Waals surface area contributed by atoms with E-state index in [1.165, 1.54) is 22.2 Å². The molecular formula is C25H25N5OS2. The van der Waals surface area contributed by atoms with Crippen molar-refractivity contribution in [1.82, 2.24) is 25.1 Å². The van der Waals surface area contributed by atoms with E-state index >= 15 is 0 Å². The van der Waals surface area contributed by atoms with Crippen LogP contribution in [0.15, 0.2) is 83.1 Å². The summed E-state index contributed by atoms with van der Waals surface area (Å²) in [6.45, 7) is 4.74. The first-order valence-electron chi connectivity index (χ1n) is 10.6. The molecule has 2 aromatic heterocycles. The number of nitrogens with one attached hydrogen (secondary N) is 1. The van der Waals surface area contributed by atoms with E-state index in [-0.39, 0.29) is 11.7 Å². The normalized spacial score (nSPS) is 10.8. The average Bonchev–Trinajstić information content (AvgIpc) is 3.26. The summed E-state index contributed by atoms with van der Waals surface area (Å²) in [5.74, 6) is 1.78. The van der Waals surface area contributed by atoms with Crippen LogP contribution in [0.4, 0.5) is 0 Å². The predicted octanol–water partition coefficient (Wildman–Crippen LogP) is 4.95. The number of benzene rings is 2. The van der Waals surface area contributed by atoms with Crippen LogP contribution in [0.1, 0.15) is 11.1 Å². The minimum absolute atomic E-state index is 0.0215. The number of hydrogen-bond acceptors (Lipinski definition) is 6. The van der Waals surface area contributed by atoms with Gasteiger partial charge in [-0.05, 0) is 49.7 Å². The summed E-state index contributed by atoms with van der Waals surface area (Å²) in [5.41, 5.74) is 4.20. The Morgan fingerprint density at radius 2 is 1.79 bits per heavy atom. The minimum atomic E-state index is -0.0215. The fourth-order valence-electron chi connectivity index (χ4n) is 3.25. The van der Waals surface area contributed by atoms with E-state index in [0.717, 1.165) is 22.6 Å². The highest BCUT2D eigenvalue weighted by Gasteiger charge is 2.18. The molecule has 0 aliphatic heterocycles. The van der Waals surface area contributed by atoms with E-state index < -0.39 is 0 Å². The molecule has 6 nitrogen and oxygen atoms in total. The van der Waals surface area contributed by atoms with Gasteiger partial charge in [0.2, 0.25) is 5.91 Å². The van der Waals surface area contributed by atoms with Gasteiger partial charge in [0.15, 0.2) is 11.0 Å². The van der Waals surface area contributed by atoms with E-state index in [1.54, 1.807) is 24.2 Å². The molecule has 0 bridgehead atoms. The van der Waals surface area contributed by atoms with Gasteiger partial charge in [0.25, 0.3) is 0 Å². The SMILES string of the molecule is Cc1ccc(SCCNC(=O)CSc2nnc(-c3cccnc3)n2-c2ccccc2C)cc1. The molecule has 0 radical (unpaired) electrons. The lowest BCUT2D eigenvalue weighted by molar-refractivity contribution is -0.118. The molecule has 0 aliphatic rings. The van der Waals surface area contributed by atoms with Gasteiger partial charge in [0.1, 0.15) is 0 Å². The third kappa shape index (κ3) is 6.03. The maximum Gasteiger partial charge on any atom is 0.230 e. The summed E-state index contributed by atoms with van der Waals surface area (Å²) in [5, 5.41) is 12.5. The van der Waals surface area contributed by atoms with Crippen LogP contribution in [0.2, 0.25) is 0 Å². The van der Waals surface area contributed by atoms with Gasteiger partial charge in [0.05, 0.1) is 11.4 Å². The third-order valence-corrected chi connectivity index (χ3v) is 6.90. The molecule has 0 saturated carbocycles. The molecule has 4 aromatic rings. The van der Waals surface area contributed by atoms with Crippen molar-refractivity contribution < 1.29 is 4.79 Å². The lowest BCUT2D eigenvalue weighted by atomic mass is 10.2. The number of thioether (sulfide) groups is 2. The maximum absolute atomic E-state index is 12.5. The highest BCUT2D eigenvalue weighted by molar-refractivity contribution is 7.99. The van der Waals surface area contributed by atoms with E-state index in [2.05, 4.69) is 64.7 Å². The molecule has 2 aromatic carbocycles. The number of aromatic nitrogens is 4. The highest BCUT2D eigenvalue weighted by atomic mass is 32.2. The smallest absolute Gasteiger partial charge is 0.230 e. The first-order valence-corrected chi connectivity index (χ1v) is 12.6. The van der Waals surface area contributed by atoms with Crippen molar-refractivity contribution in [1.29, 1.82) is 0 Å². The van der Waals surface area contributed by atoms with Gasteiger partial charge >= 0.3 is 0 Å². The number of rotatable bonds is 9. The van der Waals surface area contributed by atoms with Crippen molar-refractivity contribution in [3.05, 3.63) is 84.2 Å². The maximum atomic E-state index is 12.5. The molecule has 0 spiro atoms. The third-order valence-electron chi connectivity index (χ3n) is 4.96. The van der Waals surface area contributed by atoms with E-state index in [4.69, 9.17) is 0 Å². The number of aryl methyl sites for hydroxylation is 2. The first-order chi connectivity index (χ1) is 16.1. The van der Waals surface area contributed by atoms with Crippen LogP contribution in [0.5, 0.6) is 0 Å². The molecule has 0 unspecified atom stereocenters. The average molecular weight is 476 g/mol. The summed E-state index contributed by atoms with van der Waals surface area (Å²) in [6, 6.07) is 20.3. The van der Waals surface area contributed by atoms with Crippen molar-refractivity contribution >= 4 is 29.4 Å². The Balaban J connectivity index is 1.40. The Kier molecular flexibility index (Phi) is 7.80. The largest absolute Gasteiger partial charge is 0.355 e. The quantitative estimate of drug-likeness (QED) is 0.273. The lowest BCUT2D eigenvalue weighted by Crippen LogP contribution is -2.27. The molecule has 0 fully saturated rings. The van der Waals surface area contributed by atoms with Gasteiger partial charge in [-0.2, -0.15) is 0 Å². The molecule has 2 heterocycles. The number of pyridine rings is 1. The Bertz CT molecular complexity index is 1210. The second kappa shape index (κ2) is 11.2. The summed E-state index contributed by atoms with van der Waals surface area (Å²) >= 11 is 3.11. The number of nitrogens with zero attached hydrogens (tertiary/aromatic N) is 4. The van der Waals surface area contributed by atoms with E-state index in [9.17, 15) is 4.79 Å². The summed E-state index contributed by atoms with van der Waals surface area (Å²) in [6.07, 6.45) is 3.50. The predicted molar refractivity (Wildman–Crippen MR) is 135 cm³/mol. The van der Waals surface area contributed by atoms with Gasteiger partial charge in [0, 0.05) is 35.2 Å². The first kappa shape index (κ1) is 23.1. The second-order valence-electron chi connectivity index (χ2n) is 7.47. The molecule has 0 saturated heterocycles. The van der Waals surface area contributed by atoms with Crippen molar-refractivity contribution in [2.75, 3.05) is 18.1 Å². The summed E-state index contributed by atoms with van der Waals surface area (Å²) < 4.78 is 2.00. The second-order valence-corrected chi connectivity index (χ2v) is 9.58. The van der Waals surface area contributed by atoms with Crippen LogP contribution in [-0.2, 0) is 4.79 Å². The minimum Gasteiger partial charge on any atom is -0.355 e. The van der Waals surface area contributed by atoms with Gasteiger partial charge in [-0.1, -0.05) is 47.7 Å². The highest BCUT2D eigenvalue weighted by Crippen LogP contribution is 2.29. The lowest BCUT2D eigenvalue weighted by Gasteiger charge is -2.12. The number of hydrogen-bond donors (Lipinski definition) is 1. The van der Waals surface area contributed by atoms with Crippen LogP contribution in [0.3, 0.4) is 0 Å². The summed E-state index contributed by atoms with van der Waals surface area (Å²) in [7, 11) is 0. The van der Waals surface area contributed by atoms with E-state index in [1.807, 2.05) is 34.9 Å². The standard InChI is InChI=1S/C25H25N5OS2/c1-18-9-11-21(12-10-18)32-15-14-27-23(31)17-33-25-29-28-24(20-7-5-13-26-16-20)30(25)22-8-4-3-6-19(22)2/h3-13,16H,14-15,17H2,1-2H3,(H,27,31). The van der Waals surface area contributed by atoms with Gasteiger partial charge in [-0.15, -0.1) is 22.0 Å². The van der Waals surface area contributed by atoms with Gasteiger partial charge in [-0.25, -0.2) is 0 Å². The Morgan fingerprint density at radius 3 is 2.55 bits per heavy atom. The van der Waals surface area contributed by atoms with Crippen LogP contribution in [-0.4, -0.2) is 43.7 Å². The van der Waals surface area contributed by atoms with Gasteiger partial charge < -0.3 is 5.32 Å². The molecule has 1 amide bonds. The zero-order chi connectivity index (χ0) is 23.0. The van der Waals surface area contributed by atoms with Crippen LogP contribution >= 0.6 is 23.5 Å². The van der Waals surface area contributed by atoms with Crippen molar-refractivity contribution in [3.63, 3.8) is 0 Å². The fourth-order valence-corrected chi connectivity index (χ4v) is 4.79. The number of carbonyl (C=O) groups is 1. The number of carbonyl (C=O) groups excluding carboxylic acids is 1. The van der Waals surface area contributed by atoms with Crippen molar-refractivity contribution in [2.24, 2.45) is 0 Å². The van der Waals surface area contributed by atoms with Crippen molar-refractivity contribution in [3.8, 4) is 17.1 Å². The molecular weight excluding hydrogens is 450 g/mol. The fraction of sp³-hybridized carbons (Fsp3) is 0.200. The monoisotopic (exact) mass is 475 g/mol. The van der Waals surface area contributed by atoms with Crippen LogP contribution in [0, 0.1) is 13.8 Å². The topological polar surface area (TPSA) is 72.7 Å². The number of amides is 1. The number of para-hydroxylation sites is 1. The zero-order valence-electron chi connectivity index (χ0n) is 18.6. The zero-order valence-corrected chi connectivity index (χ0v) is 20.2. The van der Waals surface area contributed by atoms with Gasteiger partial charge in [-0.3, -0.25) is 14.3 Å². The Morgan fingerprint density at radius 1 is 0.970 bits per heavy atom.